The minimum absolute atomic E-state index is 0.254. The lowest BCUT2D eigenvalue weighted by Gasteiger charge is -2.13. The number of rotatable bonds is 5. The van der Waals surface area contributed by atoms with E-state index in [9.17, 15) is 4.79 Å². The van der Waals surface area contributed by atoms with Crippen molar-refractivity contribution in [1.82, 2.24) is 10.2 Å². The molecule has 1 amide bonds. The van der Waals surface area contributed by atoms with Crippen molar-refractivity contribution in [2.75, 3.05) is 5.32 Å². The van der Waals surface area contributed by atoms with Gasteiger partial charge in [0.05, 0.1) is 6.04 Å². The summed E-state index contributed by atoms with van der Waals surface area (Å²) in [7, 11) is 0. The minimum Gasteiger partial charge on any atom is -0.423 e. The van der Waals surface area contributed by atoms with Crippen LogP contribution >= 0.6 is 0 Å². The fourth-order valence-electron chi connectivity index (χ4n) is 1.70. The smallest absolute Gasteiger partial charge is 0.247 e. The molecule has 0 saturated heterocycles. The van der Waals surface area contributed by atoms with Crippen molar-refractivity contribution in [2.45, 2.75) is 19.4 Å². The van der Waals surface area contributed by atoms with Crippen molar-refractivity contribution in [3.63, 3.8) is 0 Å². The molecule has 0 aliphatic carbocycles. The molecule has 0 aliphatic rings. The van der Waals surface area contributed by atoms with Gasteiger partial charge in [-0.2, -0.15) is 0 Å². The highest BCUT2D eigenvalue weighted by Gasteiger charge is 2.14. The highest BCUT2D eigenvalue weighted by atomic mass is 16.4. The lowest BCUT2D eigenvalue weighted by molar-refractivity contribution is -0.117. The van der Waals surface area contributed by atoms with Crippen LogP contribution in [-0.4, -0.2) is 22.1 Å². The lowest BCUT2D eigenvalue weighted by atomic mass is 10.1. The molecule has 0 radical (unpaired) electrons. The van der Waals surface area contributed by atoms with E-state index >= 15 is 0 Å². The summed E-state index contributed by atoms with van der Waals surface area (Å²) in [5.74, 6) is 0.145. The van der Waals surface area contributed by atoms with Crippen molar-refractivity contribution in [3.05, 3.63) is 42.8 Å². The zero-order chi connectivity index (χ0) is 14.5. The first-order valence-corrected chi connectivity index (χ1v) is 6.16. The summed E-state index contributed by atoms with van der Waals surface area (Å²) >= 11 is 0. The number of aromatic nitrogens is 2. The van der Waals surface area contributed by atoms with Crippen molar-refractivity contribution in [2.24, 2.45) is 5.73 Å². The fourth-order valence-corrected chi connectivity index (χ4v) is 1.70. The summed E-state index contributed by atoms with van der Waals surface area (Å²) in [5.41, 5.74) is 8.07. The van der Waals surface area contributed by atoms with E-state index in [4.69, 9.17) is 10.2 Å². The van der Waals surface area contributed by atoms with Crippen LogP contribution < -0.4 is 11.1 Å². The number of nitrogens with one attached hydrogen (secondary N) is 1. The Bertz CT molecular complexity index is 608. The standard InChI is InChI=1S/C14H16N4O2/c1-3-4-11(15)13(19)17-12-7-10(6-5-9(12)2)14-18-16-8-20-14/h3,5-8,11H,1,4,15H2,2H3,(H,17,19). The van der Waals surface area contributed by atoms with Gasteiger partial charge in [0.15, 0.2) is 0 Å². The molecule has 0 bridgehead atoms. The second kappa shape index (κ2) is 6.12. The number of benzene rings is 1. The average molecular weight is 272 g/mol. The van der Waals surface area contributed by atoms with Gasteiger partial charge in [0.1, 0.15) is 0 Å². The Labute approximate surface area is 116 Å². The summed E-state index contributed by atoms with van der Waals surface area (Å²) in [5, 5.41) is 10.3. The van der Waals surface area contributed by atoms with E-state index in [0.717, 1.165) is 11.1 Å². The van der Waals surface area contributed by atoms with Crippen molar-refractivity contribution >= 4 is 11.6 Å². The first-order valence-electron chi connectivity index (χ1n) is 6.16. The molecule has 1 unspecified atom stereocenters. The largest absolute Gasteiger partial charge is 0.423 e. The Morgan fingerprint density at radius 2 is 2.40 bits per heavy atom. The molecule has 0 saturated carbocycles. The van der Waals surface area contributed by atoms with Gasteiger partial charge in [0.2, 0.25) is 18.2 Å². The maximum absolute atomic E-state index is 11.9. The molecule has 2 aromatic rings. The van der Waals surface area contributed by atoms with Gasteiger partial charge in [0.25, 0.3) is 0 Å². The fraction of sp³-hybridized carbons (Fsp3) is 0.214. The molecule has 2 rings (SSSR count). The van der Waals surface area contributed by atoms with E-state index in [-0.39, 0.29) is 5.91 Å². The lowest BCUT2D eigenvalue weighted by Crippen LogP contribution is -2.35. The van der Waals surface area contributed by atoms with Gasteiger partial charge in [-0.1, -0.05) is 12.1 Å². The van der Waals surface area contributed by atoms with E-state index in [2.05, 4.69) is 22.1 Å². The third-order valence-electron chi connectivity index (χ3n) is 2.86. The summed E-state index contributed by atoms with van der Waals surface area (Å²) < 4.78 is 5.13. The molecule has 0 aliphatic heterocycles. The molecule has 1 aromatic carbocycles. The number of carbonyl (C=O) groups is 1. The maximum atomic E-state index is 11.9. The van der Waals surface area contributed by atoms with Gasteiger partial charge in [-0.05, 0) is 31.0 Å². The third kappa shape index (κ3) is 3.10. The number of hydrogen-bond donors (Lipinski definition) is 2. The third-order valence-corrected chi connectivity index (χ3v) is 2.86. The Balaban J connectivity index is 2.21. The Morgan fingerprint density at radius 3 is 3.05 bits per heavy atom. The number of amides is 1. The van der Waals surface area contributed by atoms with E-state index in [1.807, 2.05) is 19.1 Å². The van der Waals surface area contributed by atoms with Crippen LogP contribution in [0, 0.1) is 6.92 Å². The van der Waals surface area contributed by atoms with Crippen molar-refractivity contribution in [3.8, 4) is 11.5 Å². The predicted octanol–water partition coefficient (Wildman–Crippen LogP) is 1.89. The zero-order valence-corrected chi connectivity index (χ0v) is 11.2. The molecule has 6 nitrogen and oxygen atoms in total. The molecule has 0 spiro atoms. The van der Waals surface area contributed by atoms with Crippen molar-refractivity contribution in [1.29, 1.82) is 0 Å². The number of aryl methyl sites for hydroxylation is 1. The highest BCUT2D eigenvalue weighted by Crippen LogP contribution is 2.23. The molecule has 6 heteroatoms. The minimum atomic E-state index is -0.612. The van der Waals surface area contributed by atoms with Crippen LogP contribution in [-0.2, 0) is 4.79 Å². The monoisotopic (exact) mass is 272 g/mol. The first-order chi connectivity index (χ1) is 9.61. The predicted molar refractivity (Wildman–Crippen MR) is 75.9 cm³/mol. The number of carbonyl (C=O) groups excluding carboxylic acids is 1. The van der Waals surface area contributed by atoms with Crippen LogP contribution in [0.25, 0.3) is 11.5 Å². The quantitative estimate of drug-likeness (QED) is 0.810. The Morgan fingerprint density at radius 1 is 1.60 bits per heavy atom. The van der Waals surface area contributed by atoms with Crippen LogP contribution in [0.1, 0.15) is 12.0 Å². The van der Waals surface area contributed by atoms with Gasteiger partial charge < -0.3 is 15.5 Å². The van der Waals surface area contributed by atoms with Gasteiger partial charge >= 0.3 is 0 Å². The summed E-state index contributed by atoms with van der Waals surface area (Å²) in [6, 6.07) is 4.89. The molecule has 3 N–H and O–H groups in total. The van der Waals surface area contributed by atoms with Gasteiger partial charge in [-0.25, -0.2) is 0 Å². The van der Waals surface area contributed by atoms with Gasteiger partial charge in [-0.3, -0.25) is 4.79 Å². The molecular formula is C14H16N4O2. The molecule has 1 atom stereocenters. The molecule has 0 fully saturated rings. The number of hydrogen-bond acceptors (Lipinski definition) is 5. The normalized spacial score (nSPS) is 11.9. The first kappa shape index (κ1) is 14.0. The molecule has 1 heterocycles. The second-order valence-corrected chi connectivity index (χ2v) is 4.39. The van der Waals surface area contributed by atoms with E-state index < -0.39 is 6.04 Å². The molecular weight excluding hydrogens is 256 g/mol. The topological polar surface area (TPSA) is 94.0 Å². The number of anilines is 1. The Kier molecular flexibility index (Phi) is 4.27. The Hall–Kier alpha value is -2.47. The molecule has 1 aromatic heterocycles. The summed E-state index contributed by atoms with van der Waals surface area (Å²) in [6.07, 6.45) is 3.30. The number of nitrogens with two attached hydrogens (primary N) is 1. The van der Waals surface area contributed by atoms with Crippen molar-refractivity contribution < 1.29 is 9.21 Å². The zero-order valence-electron chi connectivity index (χ0n) is 11.2. The average Bonchev–Trinajstić information content (AvgIpc) is 2.95. The summed E-state index contributed by atoms with van der Waals surface area (Å²) in [6.45, 7) is 5.46. The molecule has 20 heavy (non-hydrogen) atoms. The summed E-state index contributed by atoms with van der Waals surface area (Å²) in [4.78, 5) is 11.9. The van der Waals surface area contributed by atoms with Crippen LogP contribution in [0.4, 0.5) is 5.69 Å². The van der Waals surface area contributed by atoms with Gasteiger partial charge in [-0.15, -0.1) is 16.8 Å². The SMILES string of the molecule is C=CCC(N)C(=O)Nc1cc(-c2nnco2)ccc1C. The van der Waals surface area contributed by atoms with E-state index in [1.165, 1.54) is 6.39 Å². The number of nitrogens with zero attached hydrogens (tertiary/aromatic N) is 2. The highest BCUT2D eigenvalue weighted by molar-refractivity contribution is 5.95. The van der Waals surface area contributed by atoms with E-state index in [0.29, 0.717) is 18.0 Å². The maximum Gasteiger partial charge on any atom is 0.247 e. The van der Waals surface area contributed by atoms with Gasteiger partial charge in [0, 0.05) is 11.3 Å². The van der Waals surface area contributed by atoms with Crippen LogP contribution in [0.3, 0.4) is 0 Å². The van der Waals surface area contributed by atoms with Crippen LogP contribution in [0.2, 0.25) is 0 Å². The molecule has 104 valence electrons. The van der Waals surface area contributed by atoms with Crippen LogP contribution in [0.5, 0.6) is 0 Å². The van der Waals surface area contributed by atoms with E-state index in [1.54, 1.807) is 12.1 Å². The van der Waals surface area contributed by atoms with Crippen LogP contribution in [0.15, 0.2) is 41.7 Å². The second-order valence-electron chi connectivity index (χ2n) is 4.39.